The minimum Gasteiger partial charge on any atom is -0.373 e. The quantitative estimate of drug-likeness (QED) is 0.677. The van der Waals surface area contributed by atoms with Gasteiger partial charge >= 0.3 is 0 Å². The summed E-state index contributed by atoms with van der Waals surface area (Å²) in [6.07, 6.45) is 1.96. The standard InChI is InChI=1S/C22H18ClN3O2/c23-16-5-6-17-18(22(27)25-20(17)13-16)12-15-11-14-3-1-2-4-19(14)24-21(15)26-7-9-28-10-8-26/h1-6,11-13H,7-10H2,(H,25,27)/p+1/b18-12+. The molecule has 5 nitrogen and oxygen atoms in total. The van der Waals surface area contributed by atoms with Crippen molar-refractivity contribution in [2.75, 3.05) is 36.5 Å². The van der Waals surface area contributed by atoms with Gasteiger partial charge in [0.1, 0.15) is 18.6 Å². The van der Waals surface area contributed by atoms with E-state index < -0.39 is 0 Å². The smallest absolute Gasteiger partial charge is 0.282 e. The SMILES string of the molecule is O=C1Nc2cc(Cl)ccc2/C1=C\c1cc2ccccc2[nH+]c1N1CCOCC1. The fourth-order valence-corrected chi connectivity index (χ4v) is 3.97. The summed E-state index contributed by atoms with van der Waals surface area (Å²) in [6.45, 7) is 3.00. The third kappa shape index (κ3) is 3.03. The van der Waals surface area contributed by atoms with Gasteiger partial charge in [-0.3, -0.25) is 9.69 Å². The van der Waals surface area contributed by atoms with Gasteiger partial charge in [-0.15, -0.1) is 0 Å². The predicted octanol–water partition coefficient (Wildman–Crippen LogP) is 3.64. The number of aromatic amines is 1. The third-order valence-corrected chi connectivity index (χ3v) is 5.43. The number of nitrogens with one attached hydrogen (secondary N) is 2. The van der Waals surface area contributed by atoms with Crippen LogP contribution in [-0.2, 0) is 9.53 Å². The molecular formula is C22H19ClN3O2+. The molecule has 0 bridgehead atoms. The van der Waals surface area contributed by atoms with E-state index in [9.17, 15) is 4.79 Å². The van der Waals surface area contributed by atoms with Crippen LogP contribution in [0.4, 0.5) is 11.5 Å². The number of H-pyrrole nitrogens is 1. The second-order valence-electron chi connectivity index (χ2n) is 6.96. The highest BCUT2D eigenvalue weighted by Gasteiger charge is 2.27. The number of hydrogen-bond acceptors (Lipinski definition) is 3. The molecule has 5 rings (SSSR count). The monoisotopic (exact) mass is 392 g/mol. The van der Waals surface area contributed by atoms with E-state index in [0.717, 1.165) is 46.6 Å². The zero-order chi connectivity index (χ0) is 19.1. The van der Waals surface area contributed by atoms with Gasteiger partial charge in [0.05, 0.1) is 24.5 Å². The molecule has 3 heterocycles. The molecule has 1 fully saturated rings. The van der Waals surface area contributed by atoms with Crippen LogP contribution in [-0.4, -0.2) is 32.2 Å². The lowest BCUT2D eigenvalue weighted by Crippen LogP contribution is -2.40. The van der Waals surface area contributed by atoms with Crippen molar-refractivity contribution < 1.29 is 14.5 Å². The van der Waals surface area contributed by atoms with E-state index >= 15 is 0 Å². The summed E-state index contributed by atoms with van der Waals surface area (Å²) < 4.78 is 5.51. The normalized spacial score (nSPS) is 17.8. The molecule has 1 aromatic heterocycles. The van der Waals surface area contributed by atoms with Crippen molar-refractivity contribution >= 4 is 51.6 Å². The minimum atomic E-state index is -0.113. The van der Waals surface area contributed by atoms with E-state index in [4.69, 9.17) is 16.3 Å². The lowest BCUT2D eigenvalue weighted by atomic mass is 10.0. The summed E-state index contributed by atoms with van der Waals surface area (Å²) >= 11 is 6.08. The molecule has 28 heavy (non-hydrogen) atoms. The van der Waals surface area contributed by atoms with Crippen LogP contribution in [0.15, 0.2) is 48.5 Å². The molecule has 0 radical (unpaired) electrons. The number of ether oxygens (including phenoxy) is 1. The Morgan fingerprint density at radius 3 is 2.79 bits per heavy atom. The molecule has 1 saturated heterocycles. The van der Waals surface area contributed by atoms with Crippen molar-refractivity contribution in [3.05, 3.63) is 64.7 Å². The van der Waals surface area contributed by atoms with Crippen LogP contribution in [0.3, 0.4) is 0 Å². The lowest BCUT2D eigenvalue weighted by Gasteiger charge is -2.23. The van der Waals surface area contributed by atoms with Crippen LogP contribution >= 0.6 is 11.6 Å². The summed E-state index contributed by atoms with van der Waals surface area (Å²) in [4.78, 5) is 18.5. The number of anilines is 2. The summed E-state index contributed by atoms with van der Waals surface area (Å²) in [7, 11) is 0. The van der Waals surface area contributed by atoms with Gasteiger partial charge in [-0.25, -0.2) is 4.98 Å². The number of carbonyl (C=O) groups excluding carboxylic acids is 1. The highest BCUT2D eigenvalue weighted by molar-refractivity contribution is 6.36. The van der Waals surface area contributed by atoms with E-state index in [1.807, 2.05) is 30.3 Å². The van der Waals surface area contributed by atoms with E-state index in [-0.39, 0.29) is 5.91 Å². The van der Waals surface area contributed by atoms with Crippen LogP contribution in [0.25, 0.3) is 22.6 Å². The first-order chi connectivity index (χ1) is 13.7. The van der Waals surface area contributed by atoms with Crippen LogP contribution in [0, 0.1) is 0 Å². The van der Waals surface area contributed by atoms with Gasteiger partial charge in [0, 0.05) is 21.5 Å². The highest BCUT2D eigenvalue weighted by atomic mass is 35.5. The maximum absolute atomic E-state index is 12.6. The number of aromatic nitrogens is 1. The Kier molecular flexibility index (Phi) is 4.26. The number of morpholine rings is 1. The molecule has 0 aliphatic carbocycles. The summed E-state index contributed by atoms with van der Waals surface area (Å²) in [5, 5.41) is 4.61. The fourth-order valence-electron chi connectivity index (χ4n) is 3.80. The number of fused-ring (bicyclic) bond motifs is 2. The maximum Gasteiger partial charge on any atom is 0.282 e. The fraction of sp³-hybridized carbons (Fsp3) is 0.182. The van der Waals surface area contributed by atoms with Gasteiger partial charge in [0.15, 0.2) is 0 Å². The van der Waals surface area contributed by atoms with E-state index in [0.29, 0.717) is 23.8 Å². The average molecular weight is 393 g/mol. The average Bonchev–Trinajstić information content (AvgIpc) is 3.02. The van der Waals surface area contributed by atoms with Gasteiger partial charge < -0.3 is 10.1 Å². The maximum atomic E-state index is 12.6. The number of pyridine rings is 1. The van der Waals surface area contributed by atoms with Crippen molar-refractivity contribution in [1.29, 1.82) is 0 Å². The number of benzene rings is 2. The molecule has 2 aliphatic heterocycles. The summed E-state index contributed by atoms with van der Waals surface area (Å²) in [5.74, 6) is 0.892. The molecule has 0 unspecified atom stereocenters. The number of nitrogens with zero attached hydrogens (tertiary/aromatic N) is 1. The molecule has 2 aliphatic rings. The van der Waals surface area contributed by atoms with Crippen molar-refractivity contribution in [2.24, 2.45) is 0 Å². The van der Waals surface area contributed by atoms with Crippen LogP contribution < -0.4 is 15.2 Å². The van der Waals surface area contributed by atoms with Crippen LogP contribution in [0.5, 0.6) is 0 Å². The van der Waals surface area contributed by atoms with E-state index in [1.165, 1.54) is 0 Å². The topological polar surface area (TPSA) is 55.7 Å². The Labute approximate surface area is 167 Å². The van der Waals surface area contributed by atoms with Gasteiger partial charge in [-0.1, -0.05) is 35.9 Å². The number of carbonyl (C=O) groups is 1. The lowest BCUT2D eigenvalue weighted by molar-refractivity contribution is -0.331. The molecular weight excluding hydrogens is 374 g/mol. The Balaban J connectivity index is 1.67. The first-order valence-electron chi connectivity index (χ1n) is 9.30. The predicted molar refractivity (Wildman–Crippen MR) is 111 cm³/mol. The van der Waals surface area contributed by atoms with Crippen molar-refractivity contribution in [3.63, 3.8) is 0 Å². The number of amides is 1. The molecule has 0 saturated carbocycles. The summed E-state index contributed by atoms with van der Waals surface area (Å²) in [6, 6.07) is 15.8. The van der Waals surface area contributed by atoms with Crippen LogP contribution in [0.1, 0.15) is 11.1 Å². The van der Waals surface area contributed by atoms with Crippen molar-refractivity contribution in [1.82, 2.24) is 0 Å². The van der Waals surface area contributed by atoms with Gasteiger partial charge in [-0.05, 0) is 30.3 Å². The Morgan fingerprint density at radius 1 is 1.11 bits per heavy atom. The zero-order valence-electron chi connectivity index (χ0n) is 15.2. The molecule has 1 amide bonds. The van der Waals surface area contributed by atoms with E-state index in [1.54, 1.807) is 6.07 Å². The Hall–Kier alpha value is -2.89. The number of para-hydroxylation sites is 1. The van der Waals surface area contributed by atoms with E-state index in [2.05, 4.69) is 33.4 Å². The van der Waals surface area contributed by atoms with Gasteiger partial charge in [0.2, 0.25) is 0 Å². The first kappa shape index (κ1) is 17.2. The third-order valence-electron chi connectivity index (χ3n) is 5.19. The molecule has 2 N–H and O–H groups in total. The second kappa shape index (κ2) is 6.93. The summed E-state index contributed by atoms with van der Waals surface area (Å²) in [5.41, 5.74) is 4.31. The molecule has 0 spiro atoms. The zero-order valence-corrected chi connectivity index (χ0v) is 15.9. The second-order valence-corrected chi connectivity index (χ2v) is 7.40. The number of rotatable bonds is 2. The molecule has 2 aromatic carbocycles. The van der Waals surface area contributed by atoms with Crippen LogP contribution in [0.2, 0.25) is 5.02 Å². The number of halogens is 1. The minimum absolute atomic E-state index is 0.113. The molecule has 140 valence electrons. The first-order valence-corrected chi connectivity index (χ1v) is 9.67. The van der Waals surface area contributed by atoms with Gasteiger partial charge in [-0.2, -0.15) is 0 Å². The van der Waals surface area contributed by atoms with Gasteiger partial charge in [0.25, 0.3) is 11.7 Å². The molecule has 3 aromatic rings. The molecule has 6 heteroatoms. The highest BCUT2D eigenvalue weighted by Crippen LogP contribution is 2.36. The largest absolute Gasteiger partial charge is 0.373 e. The van der Waals surface area contributed by atoms with Crippen molar-refractivity contribution in [3.8, 4) is 0 Å². The number of hydrogen-bond donors (Lipinski definition) is 1. The Morgan fingerprint density at radius 2 is 1.93 bits per heavy atom. The van der Waals surface area contributed by atoms with Crippen molar-refractivity contribution in [2.45, 2.75) is 0 Å². The Bertz CT molecular complexity index is 1120. The molecule has 0 atom stereocenters.